The summed E-state index contributed by atoms with van der Waals surface area (Å²) in [5.74, 6) is 0.843. The van der Waals surface area contributed by atoms with Crippen molar-refractivity contribution in [2.45, 2.75) is 32.9 Å². The number of fused-ring (bicyclic) bond motifs is 1. The number of rotatable bonds is 9. The minimum absolute atomic E-state index is 0.0141. The van der Waals surface area contributed by atoms with Crippen LogP contribution in [0.3, 0.4) is 0 Å². The Bertz CT molecular complexity index is 1800. The highest BCUT2D eigenvalue weighted by molar-refractivity contribution is 7.95. The van der Waals surface area contributed by atoms with E-state index in [4.69, 9.17) is 24.2 Å². The fourth-order valence-corrected chi connectivity index (χ4v) is 4.84. The molecule has 13 nitrogen and oxygen atoms in total. The fourth-order valence-electron chi connectivity index (χ4n) is 4.18. The molecule has 230 valence electrons. The predicted octanol–water partition coefficient (Wildman–Crippen LogP) is 5.34. The maximum Gasteiger partial charge on any atom is 0.435 e. The Morgan fingerprint density at radius 1 is 1.07 bits per heavy atom. The van der Waals surface area contributed by atoms with Crippen LogP contribution in [-0.4, -0.2) is 78.0 Å². The molecule has 0 spiro atoms. The highest BCUT2D eigenvalue weighted by Crippen LogP contribution is 2.37. The lowest BCUT2D eigenvalue weighted by molar-refractivity contribution is 0.0514. The van der Waals surface area contributed by atoms with E-state index >= 15 is 4.39 Å². The van der Waals surface area contributed by atoms with Crippen LogP contribution in [0.5, 0.6) is 11.5 Å². The van der Waals surface area contributed by atoms with Gasteiger partial charge in [0.1, 0.15) is 28.5 Å². The van der Waals surface area contributed by atoms with Gasteiger partial charge >= 0.3 is 6.09 Å². The first-order chi connectivity index (χ1) is 21.0. The standard InChI is InChI=1S/C29H32FN9O4S/c1-29(2,3)43-28(40)38-16-18(14-33-38)21-15-32-20-8-9-24(35-27(20)34-21)37(17-25-31-10-11-39(25)44-36(4)5)22-12-19(41-6)13-23(42-7)26(22)30/h8-16H,17H2,1-7H3. The number of nitrogens with zero attached hydrogens (tertiary/aromatic N) is 9. The smallest absolute Gasteiger partial charge is 0.435 e. The normalized spacial score (nSPS) is 11.7. The average Bonchev–Trinajstić information content (AvgIpc) is 3.64. The average molecular weight is 622 g/mol. The Labute approximate surface area is 257 Å². The van der Waals surface area contributed by atoms with Crippen LogP contribution in [0, 0.1) is 5.82 Å². The number of halogens is 1. The third-order valence-corrected chi connectivity index (χ3v) is 6.93. The van der Waals surface area contributed by atoms with Gasteiger partial charge in [0.2, 0.25) is 0 Å². The van der Waals surface area contributed by atoms with E-state index in [-0.39, 0.29) is 18.0 Å². The number of ether oxygens (including phenoxy) is 3. The number of hydrogen-bond donors (Lipinski definition) is 0. The number of carbonyl (C=O) groups excluding carboxylic acids is 1. The molecule has 0 amide bonds. The molecular weight excluding hydrogens is 589 g/mol. The molecular formula is C29H32FN9O4S. The summed E-state index contributed by atoms with van der Waals surface area (Å²) in [5.41, 5.74) is 1.30. The number of hydrogen-bond acceptors (Lipinski definition) is 12. The first kappa shape index (κ1) is 30.7. The van der Waals surface area contributed by atoms with Crippen molar-refractivity contribution >= 4 is 40.9 Å². The lowest BCUT2D eigenvalue weighted by Crippen LogP contribution is -2.27. The number of pyridine rings is 1. The van der Waals surface area contributed by atoms with Gasteiger partial charge in [-0.1, -0.05) is 0 Å². The molecule has 0 atom stereocenters. The minimum atomic E-state index is -0.674. The summed E-state index contributed by atoms with van der Waals surface area (Å²) in [7, 11) is 6.72. The van der Waals surface area contributed by atoms with Crippen molar-refractivity contribution in [3.05, 3.63) is 66.9 Å². The van der Waals surface area contributed by atoms with E-state index in [1.54, 1.807) is 56.3 Å². The number of carbonyl (C=O) groups is 1. The Hall–Kier alpha value is -4.76. The first-order valence-corrected chi connectivity index (χ1v) is 14.2. The van der Waals surface area contributed by atoms with E-state index in [1.807, 2.05) is 28.6 Å². The van der Waals surface area contributed by atoms with Crippen LogP contribution in [0.25, 0.3) is 22.4 Å². The third-order valence-electron chi connectivity index (χ3n) is 6.10. The Morgan fingerprint density at radius 3 is 2.57 bits per heavy atom. The van der Waals surface area contributed by atoms with E-state index < -0.39 is 17.5 Å². The molecule has 5 aromatic rings. The molecule has 0 aliphatic heterocycles. The molecule has 0 unspecified atom stereocenters. The van der Waals surface area contributed by atoms with Crippen LogP contribution in [0.15, 0.2) is 55.2 Å². The zero-order chi connectivity index (χ0) is 31.6. The van der Waals surface area contributed by atoms with Crippen molar-refractivity contribution < 1.29 is 23.4 Å². The predicted molar refractivity (Wildman–Crippen MR) is 164 cm³/mol. The van der Waals surface area contributed by atoms with Gasteiger partial charge in [0.15, 0.2) is 17.2 Å². The molecule has 0 saturated carbocycles. The van der Waals surface area contributed by atoms with Crippen LogP contribution >= 0.6 is 12.1 Å². The topological polar surface area (TPSA) is 126 Å². The Kier molecular flexibility index (Phi) is 8.69. The second kappa shape index (κ2) is 12.5. The highest BCUT2D eigenvalue weighted by Gasteiger charge is 2.24. The molecule has 15 heteroatoms. The van der Waals surface area contributed by atoms with E-state index in [0.717, 1.165) is 4.68 Å². The molecule has 5 rings (SSSR count). The van der Waals surface area contributed by atoms with Crippen LogP contribution in [-0.2, 0) is 11.3 Å². The van der Waals surface area contributed by atoms with Gasteiger partial charge in [-0.3, -0.25) is 8.96 Å². The second-order valence-electron chi connectivity index (χ2n) is 10.7. The first-order valence-electron chi connectivity index (χ1n) is 13.4. The number of aromatic nitrogens is 7. The number of imidazole rings is 1. The molecule has 4 heterocycles. The van der Waals surface area contributed by atoms with Gasteiger partial charge in [-0.05, 0) is 47.0 Å². The molecule has 0 radical (unpaired) electrons. The molecule has 44 heavy (non-hydrogen) atoms. The van der Waals surface area contributed by atoms with Gasteiger partial charge in [-0.15, -0.1) is 0 Å². The minimum Gasteiger partial charge on any atom is -0.497 e. The van der Waals surface area contributed by atoms with Crippen LogP contribution in [0.1, 0.15) is 26.6 Å². The fraction of sp³-hybridized carbons (Fsp3) is 0.310. The van der Waals surface area contributed by atoms with E-state index in [0.29, 0.717) is 39.8 Å². The summed E-state index contributed by atoms with van der Waals surface area (Å²) in [6.45, 7) is 5.48. The third kappa shape index (κ3) is 6.73. The summed E-state index contributed by atoms with van der Waals surface area (Å²) in [4.78, 5) is 32.6. The quantitative estimate of drug-likeness (QED) is 0.197. The zero-order valence-electron chi connectivity index (χ0n) is 25.3. The van der Waals surface area contributed by atoms with Crippen LogP contribution in [0.2, 0.25) is 0 Å². The summed E-state index contributed by atoms with van der Waals surface area (Å²) >= 11 is 1.43. The van der Waals surface area contributed by atoms with Crippen molar-refractivity contribution in [3.63, 3.8) is 0 Å². The maximum absolute atomic E-state index is 15.9. The summed E-state index contributed by atoms with van der Waals surface area (Å²) in [5, 5.41) is 4.12. The van der Waals surface area contributed by atoms with Crippen molar-refractivity contribution in [2.75, 3.05) is 33.2 Å². The number of methoxy groups -OCH3 is 2. The van der Waals surface area contributed by atoms with E-state index in [2.05, 4.69) is 15.1 Å². The molecule has 0 aliphatic carbocycles. The molecule has 0 saturated heterocycles. The van der Waals surface area contributed by atoms with Crippen molar-refractivity contribution in [1.82, 2.24) is 38.0 Å². The lowest BCUT2D eigenvalue weighted by Gasteiger charge is -2.26. The summed E-state index contributed by atoms with van der Waals surface area (Å²) in [6.07, 6.45) is 7.46. The monoisotopic (exact) mass is 621 g/mol. The van der Waals surface area contributed by atoms with Crippen LogP contribution in [0.4, 0.5) is 20.7 Å². The highest BCUT2D eigenvalue weighted by atomic mass is 32.2. The zero-order valence-corrected chi connectivity index (χ0v) is 26.2. The summed E-state index contributed by atoms with van der Waals surface area (Å²) < 4.78 is 36.9. The maximum atomic E-state index is 15.9. The van der Waals surface area contributed by atoms with E-state index in [9.17, 15) is 4.79 Å². The van der Waals surface area contributed by atoms with Gasteiger partial charge in [-0.2, -0.15) is 9.78 Å². The molecule has 1 aromatic carbocycles. The number of benzene rings is 1. The molecule has 0 bridgehead atoms. The van der Waals surface area contributed by atoms with E-state index in [1.165, 1.54) is 44.8 Å². The molecule has 0 aliphatic rings. The SMILES string of the molecule is COc1cc(OC)c(F)c(N(Cc2nccn2SN(C)C)c2ccc3ncc(-c4cnn(C(=O)OC(C)(C)C)c4)nc3n2)c1. The molecule has 4 aromatic heterocycles. The molecule has 0 N–H and O–H groups in total. The second-order valence-corrected chi connectivity index (χ2v) is 12.0. The van der Waals surface area contributed by atoms with Crippen LogP contribution < -0.4 is 14.4 Å². The lowest BCUT2D eigenvalue weighted by atomic mass is 10.2. The van der Waals surface area contributed by atoms with Gasteiger partial charge in [0.25, 0.3) is 0 Å². The summed E-state index contributed by atoms with van der Waals surface area (Å²) in [6, 6.07) is 6.53. The van der Waals surface area contributed by atoms with Gasteiger partial charge in [0.05, 0.1) is 44.5 Å². The molecule has 0 fully saturated rings. The van der Waals surface area contributed by atoms with Crippen molar-refractivity contribution in [2.24, 2.45) is 0 Å². The van der Waals surface area contributed by atoms with Gasteiger partial charge in [-0.25, -0.2) is 28.4 Å². The van der Waals surface area contributed by atoms with Crippen molar-refractivity contribution in [1.29, 1.82) is 0 Å². The largest absolute Gasteiger partial charge is 0.497 e. The van der Waals surface area contributed by atoms with Gasteiger partial charge in [0, 0.05) is 48.4 Å². The number of anilines is 2. The Morgan fingerprint density at radius 2 is 1.86 bits per heavy atom. The van der Waals surface area contributed by atoms with Crippen molar-refractivity contribution in [3.8, 4) is 22.8 Å². The van der Waals surface area contributed by atoms with Gasteiger partial charge < -0.3 is 19.1 Å². The Balaban J connectivity index is 1.58.